The Labute approximate surface area is 123 Å². The Balaban J connectivity index is 1.82. The number of aryl methyl sites for hydroxylation is 1. The van der Waals surface area contributed by atoms with Gasteiger partial charge < -0.3 is 10.4 Å². The monoisotopic (exact) mass is 323 g/mol. The molecular weight excluding hydrogens is 307 g/mol. The summed E-state index contributed by atoms with van der Waals surface area (Å²) in [5, 5.41) is 14.4. The number of rotatable bonds is 3. The van der Waals surface area contributed by atoms with Gasteiger partial charge in [0.05, 0.1) is 12.2 Å². The van der Waals surface area contributed by atoms with E-state index in [1.54, 1.807) is 17.2 Å². The fraction of sp³-hybridized carbons (Fsp3) is 0.667. The normalized spacial score (nSPS) is 19.5. The Kier molecular flexibility index (Phi) is 4.54. The molecule has 118 valence electrons. The SMILES string of the molecule is Cc1csc(NC(=O)CN2CCC(O)(C(F)(F)F)CC2)n1. The molecule has 5 nitrogen and oxygen atoms in total. The van der Waals surface area contributed by atoms with Gasteiger partial charge in [-0.3, -0.25) is 9.69 Å². The molecule has 1 aromatic rings. The molecule has 2 heterocycles. The summed E-state index contributed by atoms with van der Waals surface area (Å²) in [4.78, 5) is 17.4. The number of hydrogen-bond donors (Lipinski definition) is 2. The van der Waals surface area contributed by atoms with Crippen molar-refractivity contribution in [3.05, 3.63) is 11.1 Å². The summed E-state index contributed by atoms with van der Waals surface area (Å²) in [6.45, 7) is 1.85. The van der Waals surface area contributed by atoms with Crippen LogP contribution in [0.1, 0.15) is 18.5 Å². The minimum absolute atomic E-state index is 0.00738. The molecule has 1 amide bonds. The second-order valence-electron chi connectivity index (χ2n) is 5.15. The molecule has 0 saturated carbocycles. The van der Waals surface area contributed by atoms with Crippen LogP contribution >= 0.6 is 11.3 Å². The van der Waals surface area contributed by atoms with E-state index in [1.165, 1.54) is 11.3 Å². The lowest BCUT2D eigenvalue weighted by atomic mass is 9.91. The van der Waals surface area contributed by atoms with Crippen molar-refractivity contribution in [2.75, 3.05) is 25.0 Å². The number of thiazole rings is 1. The average Bonchev–Trinajstić information content (AvgIpc) is 2.76. The van der Waals surface area contributed by atoms with Gasteiger partial charge in [-0.05, 0) is 19.8 Å². The van der Waals surface area contributed by atoms with E-state index in [4.69, 9.17) is 0 Å². The summed E-state index contributed by atoms with van der Waals surface area (Å²) in [6, 6.07) is 0. The maximum absolute atomic E-state index is 12.7. The maximum Gasteiger partial charge on any atom is 0.417 e. The molecule has 2 N–H and O–H groups in total. The molecule has 0 aromatic carbocycles. The summed E-state index contributed by atoms with van der Waals surface area (Å²) in [5.41, 5.74) is -1.84. The summed E-state index contributed by atoms with van der Waals surface area (Å²) >= 11 is 1.29. The van der Waals surface area contributed by atoms with E-state index in [9.17, 15) is 23.1 Å². The van der Waals surface area contributed by atoms with Crippen LogP contribution in [0.5, 0.6) is 0 Å². The Hall–Kier alpha value is -1.19. The van der Waals surface area contributed by atoms with E-state index in [-0.39, 0.29) is 25.5 Å². The summed E-state index contributed by atoms with van der Waals surface area (Å²) in [6.07, 6.45) is -5.46. The van der Waals surface area contributed by atoms with Crippen LogP contribution in [0, 0.1) is 6.92 Å². The maximum atomic E-state index is 12.7. The molecule has 9 heteroatoms. The first-order valence-corrected chi connectivity index (χ1v) is 7.31. The van der Waals surface area contributed by atoms with Crippen LogP contribution in [0.3, 0.4) is 0 Å². The number of nitrogens with zero attached hydrogens (tertiary/aromatic N) is 2. The van der Waals surface area contributed by atoms with Crippen molar-refractivity contribution in [1.29, 1.82) is 0 Å². The smallest absolute Gasteiger partial charge is 0.380 e. The first kappa shape index (κ1) is 16.2. The molecule has 0 radical (unpaired) electrons. The van der Waals surface area contributed by atoms with Gasteiger partial charge in [-0.15, -0.1) is 11.3 Å². The number of anilines is 1. The fourth-order valence-corrected chi connectivity index (χ4v) is 2.84. The van der Waals surface area contributed by atoms with Crippen molar-refractivity contribution in [3.63, 3.8) is 0 Å². The van der Waals surface area contributed by atoms with E-state index in [1.807, 2.05) is 0 Å². The van der Waals surface area contributed by atoms with Crippen LogP contribution in [0.25, 0.3) is 0 Å². The minimum atomic E-state index is -4.63. The molecule has 1 fully saturated rings. The molecule has 0 spiro atoms. The Morgan fingerprint density at radius 3 is 2.62 bits per heavy atom. The number of aliphatic hydroxyl groups is 1. The van der Waals surface area contributed by atoms with Crippen LogP contribution in [-0.2, 0) is 4.79 Å². The lowest BCUT2D eigenvalue weighted by Crippen LogP contribution is -2.54. The number of amides is 1. The largest absolute Gasteiger partial charge is 0.417 e. The van der Waals surface area contributed by atoms with Gasteiger partial charge in [0, 0.05) is 18.5 Å². The number of carbonyl (C=O) groups excluding carboxylic acids is 1. The van der Waals surface area contributed by atoms with Gasteiger partial charge in [0.25, 0.3) is 0 Å². The standard InChI is InChI=1S/C12H16F3N3O2S/c1-8-7-21-10(16-8)17-9(19)6-18-4-2-11(20,3-5-18)12(13,14)15/h7,20H,2-6H2,1H3,(H,16,17,19). The Morgan fingerprint density at radius 1 is 1.52 bits per heavy atom. The number of aromatic nitrogens is 1. The van der Waals surface area contributed by atoms with Gasteiger partial charge in [0.1, 0.15) is 0 Å². The average molecular weight is 323 g/mol. The molecule has 0 unspecified atom stereocenters. The third kappa shape index (κ3) is 3.92. The van der Waals surface area contributed by atoms with E-state index in [0.717, 1.165) is 5.69 Å². The number of carbonyl (C=O) groups is 1. The highest BCUT2D eigenvalue weighted by Crippen LogP contribution is 2.38. The number of likely N-dealkylation sites (tertiary alicyclic amines) is 1. The number of alkyl halides is 3. The van der Waals surface area contributed by atoms with Gasteiger partial charge in [-0.2, -0.15) is 13.2 Å². The number of hydrogen-bond acceptors (Lipinski definition) is 5. The van der Waals surface area contributed by atoms with Gasteiger partial charge >= 0.3 is 6.18 Å². The molecule has 1 aromatic heterocycles. The van der Waals surface area contributed by atoms with E-state index in [2.05, 4.69) is 10.3 Å². The Morgan fingerprint density at radius 2 is 2.14 bits per heavy atom. The van der Waals surface area contributed by atoms with Crippen LogP contribution in [0.15, 0.2) is 5.38 Å². The molecule has 1 aliphatic rings. The highest BCUT2D eigenvalue weighted by atomic mass is 32.1. The molecule has 1 aliphatic heterocycles. The number of piperidine rings is 1. The van der Waals surface area contributed by atoms with Gasteiger partial charge in [-0.1, -0.05) is 0 Å². The molecular formula is C12H16F3N3O2S. The third-order valence-corrected chi connectivity index (χ3v) is 4.32. The highest BCUT2D eigenvalue weighted by molar-refractivity contribution is 7.13. The molecule has 0 aliphatic carbocycles. The van der Waals surface area contributed by atoms with Crippen molar-refractivity contribution in [1.82, 2.24) is 9.88 Å². The predicted octanol–water partition coefficient (Wildman–Crippen LogP) is 1.78. The van der Waals surface area contributed by atoms with E-state index >= 15 is 0 Å². The van der Waals surface area contributed by atoms with Crippen LogP contribution in [0.2, 0.25) is 0 Å². The topological polar surface area (TPSA) is 65.5 Å². The van der Waals surface area contributed by atoms with E-state index in [0.29, 0.717) is 5.13 Å². The summed E-state index contributed by atoms with van der Waals surface area (Å²) in [5.74, 6) is -0.318. The molecule has 0 atom stereocenters. The minimum Gasteiger partial charge on any atom is -0.380 e. The number of halogens is 3. The van der Waals surface area contributed by atoms with Crippen molar-refractivity contribution >= 4 is 22.4 Å². The third-order valence-electron chi connectivity index (χ3n) is 3.44. The summed E-state index contributed by atoms with van der Waals surface area (Å²) < 4.78 is 38.0. The zero-order chi connectivity index (χ0) is 15.7. The fourth-order valence-electron chi connectivity index (χ4n) is 2.14. The first-order valence-electron chi connectivity index (χ1n) is 6.43. The van der Waals surface area contributed by atoms with Crippen molar-refractivity contribution in [2.24, 2.45) is 0 Å². The zero-order valence-electron chi connectivity index (χ0n) is 11.4. The van der Waals surface area contributed by atoms with Crippen molar-refractivity contribution < 1.29 is 23.1 Å². The Bertz CT molecular complexity index is 510. The lowest BCUT2D eigenvalue weighted by Gasteiger charge is -2.38. The van der Waals surface area contributed by atoms with Crippen LogP contribution in [0.4, 0.5) is 18.3 Å². The second kappa shape index (κ2) is 5.90. The highest BCUT2D eigenvalue weighted by Gasteiger charge is 2.54. The molecule has 2 rings (SSSR count). The number of nitrogens with one attached hydrogen (secondary N) is 1. The van der Waals surface area contributed by atoms with Gasteiger partial charge in [-0.25, -0.2) is 4.98 Å². The molecule has 0 bridgehead atoms. The van der Waals surface area contributed by atoms with Crippen LogP contribution in [-0.4, -0.2) is 52.3 Å². The lowest BCUT2D eigenvalue weighted by molar-refractivity contribution is -0.272. The van der Waals surface area contributed by atoms with Crippen molar-refractivity contribution in [2.45, 2.75) is 31.5 Å². The predicted molar refractivity (Wildman–Crippen MR) is 72.2 cm³/mol. The van der Waals surface area contributed by atoms with Crippen molar-refractivity contribution in [3.8, 4) is 0 Å². The molecule has 21 heavy (non-hydrogen) atoms. The van der Waals surface area contributed by atoms with E-state index < -0.39 is 24.6 Å². The summed E-state index contributed by atoms with van der Waals surface area (Å²) in [7, 11) is 0. The molecule has 1 saturated heterocycles. The second-order valence-corrected chi connectivity index (χ2v) is 6.01. The zero-order valence-corrected chi connectivity index (χ0v) is 12.2. The van der Waals surface area contributed by atoms with Gasteiger partial charge in [0.15, 0.2) is 10.7 Å². The first-order chi connectivity index (χ1) is 9.69. The van der Waals surface area contributed by atoms with Crippen LogP contribution < -0.4 is 5.32 Å². The van der Waals surface area contributed by atoms with Gasteiger partial charge in [0.2, 0.25) is 5.91 Å². The quantitative estimate of drug-likeness (QED) is 0.890.